The van der Waals surface area contributed by atoms with Gasteiger partial charge in [-0.2, -0.15) is 0 Å². The van der Waals surface area contributed by atoms with Gasteiger partial charge in [0.25, 0.3) is 5.91 Å². The summed E-state index contributed by atoms with van der Waals surface area (Å²) >= 11 is 4.60. The Balaban J connectivity index is 1.73. The number of rotatable bonds is 14. The number of hydrogen-bond acceptors (Lipinski definition) is 13. The molecule has 1 amide bonds. The Morgan fingerprint density at radius 3 is 2.30 bits per heavy atom. The van der Waals surface area contributed by atoms with Crippen LogP contribution >= 0.6 is 34.9 Å². The number of methoxy groups -OCH3 is 1. The van der Waals surface area contributed by atoms with E-state index in [0.29, 0.717) is 42.4 Å². The molecule has 0 saturated carbocycles. The van der Waals surface area contributed by atoms with Crippen molar-refractivity contribution in [2.45, 2.75) is 107 Å². The minimum absolute atomic E-state index is 0.203. The van der Waals surface area contributed by atoms with E-state index in [-0.39, 0.29) is 17.3 Å². The van der Waals surface area contributed by atoms with Gasteiger partial charge in [-0.05, 0) is 64.6 Å². The maximum absolute atomic E-state index is 13.5. The molecule has 3 rings (SSSR count). The van der Waals surface area contributed by atoms with Gasteiger partial charge < -0.3 is 18.6 Å². The van der Waals surface area contributed by atoms with Gasteiger partial charge in [0.1, 0.15) is 24.3 Å². The van der Waals surface area contributed by atoms with Crippen molar-refractivity contribution in [3.63, 3.8) is 0 Å². The van der Waals surface area contributed by atoms with Gasteiger partial charge in [0.2, 0.25) is 16.6 Å². The summed E-state index contributed by atoms with van der Waals surface area (Å²) in [5.74, 6) is 0.645. The first-order valence-electron chi connectivity index (χ1n) is 14.7. The smallest absolute Gasteiger partial charge is 0.341 e. The average Bonchev–Trinajstić information content (AvgIpc) is 3.30. The molecule has 246 valence electrons. The monoisotopic (exact) mass is 717 g/mol. The van der Waals surface area contributed by atoms with Crippen LogP contribution in [0.4, 0.5) is 0 Å². The molecule has 1 fully saturated rings. The number of thioether (sulfide) groups is 2. The Labute approximate surface area is 277 Å². The number of aromatic nitrogens is 2. The third kappa shape index (κ3) is 10.8. The molecule has 0 radical (unpaired) electrons. The number of aliphatic imine (C=N–C) groups is 1. The van der Waals surface area contributed by atoms with E-state index < -0.39 is 42.9 Å². The molecule has 2 aliphatic rings. The highest BCUT2D eigenvalue weighted by Gasteiger charge is 2.54. The molecular weight excluding hydrogens is 671 g/mol. The summed E-state index contributed by atoms with van der Waals surface area (Å²) < 4.78 is 18.1. The number of β-lactam (4-membered cyclic amide) rings is 1. The van der Waals surface area contributed by atoms with Gasteiger partial charge in [-0.25, -0.2) is 9.79 Å². The standard InChI is InChI=1S/C27H47N5O6S3Si3/c1-17-29-30-27(41-17)40-16-18-15-39-24-21(23(33)32(24)22(18)26(35)38-44(9,10)11)28-20(36-2)14-12-13-19(31-42(3,4)5)25(34)37-43(6,7)8/h19,21,24,31H,12-16H2,1-11H3. The molecule has 3 unspecified atom stereocenters. The van der Waals surface area contributed by atoms with E-state index in [9.17, 15) is 14.4 Å². The van der Waals surface area contributed by atoms with E-state index in [1.54, 1.807) is 23.8 Å². The number of nitrogens with zero attached hydrogens (tertiary/aromatic N) is 4. The van der Waals surface area contributed by atoms with Crippen LogP contribution in [0.1, 0.15) is 24.3 Å². The number of nitrogens with one attached hydrogen (secondary N) is 1. The van der Waals surface area contributed by atoms with Crippen molar-refractivity contribution in [3.8, 4) is 0 Å². The lowest BCUT2D eigenvalue weighted by molar-refractivity contribution is -0.147. The zero-order valence-corrected chi connectivity index (χ0v) is 33.2. The van der Waals surface area contributed by atoms with E-state index in [0.717, 1.165) is 14.9 Å². The second-order valence-corrected chi connectivity index (χ2v) is 30.9. The van der Waals surface area contributed by atoms with E-state index >= 15 is 0 Å². The van der Waals surface area contributed by atoms with Crippen LogP contribution in [0.5, 0.6) is 0 Å². The zero-order valence-electron chi connectivity index (χ0n) is 27.7. The van der Waals surface area contributed by atoms with Crippen LogP contribution in [0.3, 0.4) is 0 Å². The lowest BCUT2D eigenvalue weighted by Gasteiger charge is -2.48. The summed E-state index contributed by atoms with van der Waals surface area (Å²) in [5.41, 5.74) is 1.18. The van der Waals surface area contributed by atoms with Crippen molar-refractivity contribution >= 4 is 83.5 Å². The van der Waals surface area contributed by atoms with Crippen molar-refractivity contribution in [1.29, 1.82) is 0 Å². The van der Waals surface area contributed by atoms with Crippen molar-refractivity contribution < 1.29 is 28.0 Å². The Kier molecular flexibility index (Phi) is 12.5. The molecule has 1 aromatic heterocycles. The van der Waals surface area contributed by atoms with Gasteiger partial charge in [-0.15, -0.1) is 22.0 Å². The SMILES string of the molecule is COC(CCCC(N[Si](C)(C)C)C(=O)O[Si](C)(C)C)=NC1C(=O)N2C(C(=O)O[Si](C)(C)C)=C(CSc3nnc(C)s3)CSC12. The van der Waals surface area contributed by atoms with Gasteiger partial charge >= 0.3 is 11.9 Å². The van der Waals surface area contributed by atoms with Crippen LogP contribution in [0.2, 0.25) is 58.9 Å². The van der Waals surface area contributed by atoms with Crippen molar-refractivity contribution in [3.05, 3.63) is 16.3 Å². The molecule has 0 aliphatic carbocycles. The fourth-order valence-corrected chi connectivity index (χ4v) is 10.5. The molecule has 1 N–H and O–H groups in total. The first kappa shape index (κ1) is 37.0. The number of carbonyl (C=O) groups is 3. The zero-order chi connectivity index (χ0) is 33.0. The molecule has 17 heteroatoms. The molecule has 44 heavy (non-hydrogen) atoms. The van der Waals surface area contributed by atoms with Gasteiger partial charge in [-0.1, -0.05) is 42.7 Å². The second-order valence-electron chi connectivity index (χ2n) is 13.8. The van der Waals surface area contributed by atoms with Crippen LogP contribution in [0.15, 0.2) is 20.6 Å². The molecule has 2 aliphatic heterocycles. The lowest BCUT2D eigenvalue weighted by atomic mass is 10.0. The van der Waals surface area contributed by atoms with E-state index in [4.69, 9.17) is 18.6 Å². The third-order valence-corrected chi connectivity index (χ3v) is 12.4. The second kappa shape index (κ2) is 14.9. The Bertz CT molecular complexity index is 1290. The van der Waals surface area contributed by atoms with Gasteiger partial charge in [0.05, 0.1) is 13.2 Å². The number of aryl methyl sites for hydroxylation is 1. The fourth-order valence-electron chi connectivity index (χ4n) is 4.54. The highest BCUT2D eigenvalue weighted by Crippen LogP contribution is 2.43. The van der Waals surface area contributed by atoms with Crippen molar-refractivity contribution in [1.82, 2.24) is 20.1 Å². The Hall–Kier alpha value is -1.51. The summed E-state index contributed by atoms with van der Waals surface area (Å²) in [7, 11) is -4.45. The maximum atomic E-state index is 13.5. The van der Waals surface area contributed by atoms with Crippen molar-refractivity contribution in [2.24, 2.45) is 4.99 Å². The molecule has 0 spiro atoms. The van der Waals surface area contributed by atoms with Gasteiger partial charge in [0.15, 0.2) is 16.3 Å². The Morgan fingerprint density at radius 2 is 1.75 bits per heavy atom. The van der Waals surface area contributed by atoms with E-state index in [1.165, 1.54) is 23.1 Å². The van der Waals surface area contributed by atoms with Gasteiger partial charge in [0, 0.05) is 17.9 Å². The third-order valence-electron chi connectivity index (χ3n) is 6.19. The summed E-state index contributed by atoms with van der Waals surface area (Å²) in [5, 5.41) is 8.81. The first-order chi connectivity index (χ1) is 20.3. The molecular formula is C27H47N5O6S3Si3. The summed E-state index contributed by atoms with van der Waals surface area (Å²) in [6, 6.07) is -1.05. The predicted molar refractivity (Wildman–Crippen MR) is 187 cm³/mol. The van der Waals surface area contributed by atoms with Crippen molar-refractivity contribution in [2.75, 3.05) is 18.6 Å². The van der Waals surface area contributed by atoms with Crippen LogP contribution in [0.25, 0.3) is 0 Å². The van der Waals surface area contributed by atoms with Crippen LogP contribution in [-0.4, -0.2) is 99.8 Å². The number of ether oxygens (including phenoxy) is 1. The van der Waals surface area contributed by atoms with Gasteiger partial charge in [-0.3, -0.25) is 14.5 Å². The summed E-state index contributed by atoms with van der Waals surface area (Å²) in [6.45, 7) is 20.2. The number of carbonyl (C=O) groups excluding carboxylic acids is 3. The Morgan fingerprint density at radius 1 is 1.09 bits per heavy atom. The number of hydrogen-bond donors (Lipinski definition) is 1. The largest absolute Gasteiger partial charge is 0.519 e. The van der Waals surface area contributed by atoms with Crippen LogP contribution in [0, 0.1) is 6.92 Å². The predicted octanol–water partition coefficient (Wildman–Crippen LogP) is 5.24. The van der Waals surface area contributed by atoms with E-state index in [2.05, 4.69) is 34.8 Å². The van der Waals surface area contributed by atoms with Crippen LogP contribution in [-0.2, 0) is 28.0 Å². The first-order valence-corrected chi connectivity index (χ1v) is 27.9. The quantitative estimate of drug-likeness (QED) is 0.0891. The molecule has 11 nitrogen and oxygen atoms in total. The molecule has 3 atom stereocenters. The number of fused-ring (bicyclic) bond motifs is 1. The lowest BCUT2D eigenvalue weighted by Crippen LogP contribution is -2.64. The van der Waals surface area contributed by atoms with Crippen LogP contribution < -0.4 is 4.98 Å². The van der Waals surface area contributed by atoms with E-state index in [1.807, 2.05) is 46.2 Å². The maximum Gasteiger partial charge on any atom is 0.341 e. The average molecular weight is 718 g/mol. The number of amides is 1. The molecule has 3 heterocycles. The molecule has 0 bridgehead atoms. The fraction of sp³-hybridized carbons (Fsp3) is 0.704. The molecule has 1 aromatic rings. The minimum atomic E-state index is -2.21. The normalized spacial score (nSPS) is 20.2. The topological polar surface area (TPSA) is 132 Å². The highest BCUT2D eigenvalue weighted by atomic mass is 32.2. The molecule has 0 aromatic carbocycles. The summed E-state index contributed by atoms with van der Waals surface area (Å²) in [6.07, 6.45) is 1.69. The highest BCUT2D eigenvalue weighted by molar-refractivity contribution is 8.01. The summed E-state index contributed by atoms with van der Waals surface area (Å²) in [4.78, 5) is 49.7. The molecule has 1 saturated heterocycles. The minimum Gasteiger partial charge on any atom is -0.519 e.